The Balaban J connectivity index is 2.04. The lowest BCUT2D eigenvalue weighted by atomic mass is 10.2. The minimum absolute atomic E-state index is 0.304. The van der Waals surface area contributed by atoms with Crippen molar-refractivity contribution in [3.8, 4) is 0 Å². The van der Waals surface area contributed by atoms with E-state index in [9.17, 15) is 13.2 Å². The second-order valence-electron chi connectivity index (χ2n) is 4.83. The van der Waals surface area contributed by atoms with Crippen LogP contribution in [0.4, 0.5) is 24.7 Å². The molecule has 8 heteroatoms. The van der Waals surface area contributed by atoms with Crippen molar-refractivity contribution in [2.75, 3.05) is 5.32 Å². The molecular formula is C14H12F3N5. The fraction of sp³-hybridized carbons (Fsp3) is 0.214. The van der Waals surface area contributed by atoms with Gasteiger partial charge in [-0.15, -0.1) is 0 Å². The number of aromatic nitrogens is 4. The first kappa shape index (κ1) is 14.3. The lowest BCUT2D eigenvalue weighted by Gasteiger charge is -2.10. The van der Waals surface area contributed by atoms with E-state index >= 15 is 0 Å². The maximum Gasteiger partial charge on any atom is 0.416 e. The van der Waals surface area contributed by atoms with Crippen LogP contribution in [0.2, 0.25) is 0 Å². The van der Waals surface area contributed by atoms with E-state index in [4.69, 9.17) is 0 Å². The third kappa shape index (κ3) is 2.47. The molecule has 0 spiro atoms. The Morgan fingerprint density at radius 2 is 1.95 bits per heavy atom. The molecule has 0 aliphatic heterocycles. The van der Waals surface area contributed by atoms with Crippen molar-refractivity contribution in [2.45, 2.75) is 13.1 Å². The number of rotatable bonds is 2. The fourth-order valence-corrected chi connectivity index (χ4v) is 2.28. The monoisotopic (exact) mass is 307 g/mol. The summed E-state index contributed by atoms with van der Waals surface area (Å²) in [6.45, 7) is 1.79. The predicted molar refractivity (Wildman–Crippen MR) is 75.8 cm³/mol. The van der Waals surface area contributed by atoms with E-state index < -0.39 is 11.7 Å². The highest BCUT2D eigenvalue weighted by atomic mass is 19.4. The molecule has 0 fully saturated rings. The van der Waals surface area contributed by atoms with Crippen LogP contribution in [0.5, 0.6) is 0 Å². The number of alkyl halides is 3. The number of nitrogens with zero attached hydrogens (tertiary/aromatic N) is 4. The van der Waals surface area contributed by atoms with Gasteiger partial charge in [0, 0.05) is 12.7 Å². The zero-order chi connectivity index (χ0) is 15.9. The van der Waals surface area contributed by atoms with Crippen LogP contribution in [0.3, 0.4) is 0 Å². The molecular weight excluding hydrogens is 295 g/mol. The first-order valence-corrected chi connectivity index (χ1v) is 6.45. The van der Waals surface area contributed by atoms with Gasteiger partial charge in [-0.2, -0.15) is 18.3 Å². The van der Waals surface area contributed by atoms with E-state index in [1.54, 1.807) is 24.7 Å². The summed E-state index contributed by atoms with van der Waals surface area (Å²) in [5.74, 6) is 0.426. The summed E-state index contributed by atoms with van der Waals surface area (Å²) in [6.07, 6.45) is -3.04. The van der Waals surface area contributed by atoms with Crippen LogP contribution in [0.15, 0.2) is 30.6 Å². The van der Waals surface area contributed by atoms with E-state index in [-0.39, 0.29) is 0 Å². The minimum atomic E-state index is -4.39. The molecule has 0 amide bonds. The van der Waals surface area contributed by atoms with Crippen molar-refractivity contribution in [3.63, 3.8) is 0 Å². The Labute approximate surface area is 123 Å². The van der Waals surface area contributed by atoms with Crippen molar-refractivity contribution < 1.29 is 13.2 Å². The number of hydrogen-bond donors (Lipinski definition) is 1. The summed E-state index contributed by atoms with van der Waals surface area (Å²) in [5.41, 5.74) is 0.901. The molecule has 0 aliphatic carbocycles. The fourth-order valence-electron chi connectivity index (χ4n) is 2.28. The summed E-state index contributed by atoms with van der Waals surface area (Å²) in [7, 11) is 1.75. The number of fused-ring (bicyclic) bond motifs is 1. The van der Waals surface area contributed by atoms with Gasteiger partial charge in [0.2, 0.25) is 0 Å². The third-order valence-corrected chi connectivity index (χ3v) is 3.25. The van der Waals surface area contributed by atoms with Gasteiger partial charge < -0.3 is 5.32 Å². The summed E-state index contributed by atoms with van der Waals surface area (Å²) >= 11 is 0. The quantitative estimate of drug-likeness (QED) is 0.788. The Morgan fingerprint density at radius 3 is 2.68 bits per heavy atom. The van der Waals surface area contributed by atoms with Gasteiger partial charge in [-0.05, 0) is 25.1 Å². The molecule has 2 aromatic heterocycles. The van der Waals surface area contributed by atoms with E-state index in [1.165, 1.54) is 12.4 Å². The maximum atomic E-state index is 12.8. The standard InChI is InChI=1S/C14H12F3N5/c1-8-11-12(18-7-19-13(11)22(2)21-8)20-10-5-3-4-9(6-10)14(15,16)17/h3-7H,1-2H3,(H,18,19,20). The molecule has 22 heavy (non-hydrogen) atoms. The SMILES string of the molecule is Cc1nn(C)c2ncnc(Nc3cccc(C(F)(F)F)c3)c12. The molecule has 5 nitrogen and oxygen atoms in total. The zero-order valence-electron chi connectivity index (χ0n) is 11.8. The van der Waals surface area contributed by atoms with Crippen LogP contribution >= 0.6 is 0 Å². The topological polar surface area (TPSA) is 55.6 Å². The molecule has 3 rings (SSSR count). The normalized spacial score (nSPS) is 11.9. The number of benzene rings is 1. The van der Waals surface area contributed by atoms with Gasteiger partial charge in [0.1, 0.15) is 12.1 Å². The summed E-state index contributed by atoms with van der Waals surface area (Å²) in [5, 5.41) is 7.84. The van der Waals surface area contributed by atoms with Gasteiger partial charge in [0.05, 0.1) is 16.6 Å². The van der Waals surface area contributed by atoms with Crippen molar-refractivity contribution in [2.24, 2.45) is 7.05 Å². The molecule has 0 radical (unpaired) electrons. The number of aryl methyl sites for hydroxylation is 2. The average molecular weight is 307 g/mol. The highest BCUT2D eigenvalue weighted by molar-refractivity contribution is 5.90. The molecule has 0 bridgehead atoms. The van der Waals surface area contributed by atoms with Crippen molar-refractivity contribution >= 4 is 22.5 Å². The molecule has 0 aliphatic rings. The van der Waals surface area contributed by atoms with Crippen molar-refractivity contribution in [1.29, 1.82) is 0 Å². The van der Waals surface area contributed by atoms with Crippen LogP contribution < -0.4 is 5.32 Å². The first-order chi connectivity index (χ1) is 10.4. The van der Waals surface area contributed by atoms with E-state index in [0.29, 0.717) is 28.2 Å². The summed E-state index contributed by atoms with van der Waals surface area (Å²) in [4.78, 5) is 8.24. The van der Waals surface area contributed by atoms with Gasteiger partial charge in [-0.25, -0.2) is 9.97 Å². The van der Waals surface area contributed by atoms with Gasteiger partial charge in [0.15, 0.2) is 5.65 Å². The maximum absolute atomic E-state index is 12.8. The van der Waals surface area contributed by atoms with Crippen LogP contribution in [0.25, 0.3) is 11.0 Å². The third-order valence-electron chi connectivity index (χ3n) is 3.25. The molecule has 0 saturated heterocycles. The molecule has 0 unspecified atom stereocenters. The van der Waals surface area contributed by atoms with Gasteiger partial charge in [-0.3, -0.25) is 4.68 Å². The molecule has 3 aromatic rings. The van der Waals surface area contributed by atoms with E-state index in [1.807, 2.05) is 0 Å². The minimum Gasteiger partial charge on any atom is -0.339 e. The lowest BCUT2D eigenvalue weighted by molar-refractivity contribution is -0.137. The van der Waals surface area contributed by atoms with Gasteiger partial charge in [-0.1, -0.05) is 6.07 Å². The Hall–Kier alpha value is -2.64. The Morgan fingerprint density at radius 1 is 1.18 bits per heavy atom. The smallest absolute Gasteiger partial charge is 0.339 e. The molecule has 1 N–H and O–H groups in total. The highest BCUT2D eigenvalue weighted by Crippen LogP contribution is 2.32. The predicted octanol–water partition coefficient (Wildman–Crippen LogP) is 3.43. The number of hydrogen-bond acceptors (Lipinski definition) is 4. The molecule has 0 saturated carbocycles. The van der Waals surface area contributed by atoms with Crippen molar-refractivity contribution in [1.82, 2.24) is 19.7 Å². The molecule has 0 atom stereocenters. The van der Waals surface area contributed by atoms with Gasteiger partial charge in [0.25, 0.3) is 0 Å². The Bertz CT molecular complexity index is 838. The highest BCUT2D eigenvalue weighted by Gasteiger charge is 2.30. The number of halogens is 3. The zero-order valence-corrected chi connectivity index (χ0v) is 11.8. The molecule has 114 valence electrons. The first-order valence-electron chi connectivity index (χ1n) is 6.45. The van der Waals surface area contributed by atoms with Crippen LogP contribution in [0, 0.1) is 6.92 Å². The lowest BCUT2D eigenvalue weighted by Crippen LogP contribution is -2.05. The summed E-state index contributed by atoms with van der Waals surface area (Å²) in [6, 6.07) is 4.96. The van der Waals surface area contributed by atoms with E-state index in [0.717, 1.165) is 12.1 Å². The summed E-state index contributed by atoms with van der Waals surface area (Å²) < 4.78 is 39.9. The van der Waals surface area contributed by atoms with Crippen LogP contribution in [-0.4, -0.2) is 19.7 Å². The number of anilines is 2. The van der Waals surface area contributed by atoms with Crippen molar-refractivity contribution in [3.05, 3.63) is 41.9 Å². The van der Waals surface area contributed by atoms with E-state index in [2.05, 4.69) is 20.4 Å². The Kier molecular flexibility index (Phi) is 3.23. The second kappa shape index (κ2) is 4.97. The largest absolute Gasteiger partial charge is 0.416 e. The number of nitrogens with one attached hydrogen (secondary N) is 1. The molecule has 1 aromatic carbocycles. The van der Waals surface area contributed by atoms with Crippen LogP contribution in [0.1, 0.15) is 11.3 Å². The average Bonchev–Trinajstić information content (AvgIpc) is 2.74. The molecule has 2 heterocycles. The van der Waals surface area contributed by atoms with Crippen LogP contribution in [-0.2, 0) is 13.2 Å². The van der Waals surface area contributed by atoms with Gasteiger partial charge >= 0.3 is 6.18 Å². The second-order valence-corrected chi connectivity index (χ2v) is 4.83.